The van der Waals surface area contributed by atoms with E-state index in [1.165, 1.54) is 0 Å². The minimum Gasteiger partial charge on any atom is -0.309 e. The van der Waals surface area contributed by atoms with E-state index in [2.05, 4.69) is 36.4 Å². The van der Waals surface area contributed by atoms with Crippen molar-refractivity contribution in [2.75, 3.05) is 0 Å². The van der Waals surface area contributed by atoms with Crippen LogP contribution in [-0.4, -0.2) is 19.5 Å². The largest absolute Gasteiger partial charge is 0.309 e. The standard InChI is InChI=1S/C51H32N4S/c1-2-17-33(18-3-1)34-19-4-6-25-41(34)49-52-50(54-51(53-49)43-28-16-27-40-39-24-11-15-32-47(39)56-48(40)43)42-26-7-5-20-35(42)36-21-8-12-29-44(36)55-45-30-13-9-22-37(45)38-23-10-14-31-46(38)55/h1-32H/i9D,10D,13D,14D,22D,23D,30D,31D. The Morgan fingerprint density at radius 3 is 1.61 bits per heavy atom. The SMILES string of the molecule is [2H]c1c([2H])c([2H])c2c(c1[2H])c1c([2H])c([2H])c([2H])c([2H])c1n2-c1ccccc1-c1ccccc1-c1nc(-c2ccccc2-c2ccccc2)nc(-c2cccc3c2sc2ccccc23)n1. The molecule has 0 saturated heterocycles. The molecule has 0 unspecified atom stereocenters. The molecule has 0 radical (unpaired) electrons. The number of para-hydroxylation sites is 3. The van der Waals surface area contributed by atoms with Crippen LogP contribution < -0.4 is 0 Å². The van der Waals surface area contributed by atoms with Crippen LogP contribution in [0, 0.1) is 0 Å². The quantitative estimate of drug-likeness (QED) is 0.170. The van der Waals surface area contributed by atoms with Gasteiger partial charge in [0.25, 0.3) is 0 Å². The number of thiophene rings is 1. The number of benzene rings is 8. The van der Waals surface area contributed by atoms with E-state index in [4.69, 9.17) is 23.2 Å². The van der Waals surface area contributed by atoms with Crippen molar-refractivity contribution in [1.29, 1.82) is 0 Å². The number of nitrogens with zero attached hydrogens (tertiary/aromatic N) is 4. The van der Waals surface area contributed by atoms with Gasteiger partial charge in [0.15, 0.2) is 17.5 Å². The first-order valence-electron chi connectivity index (χ1n) is 22.1. The number of hydrogen-bond donors (Lipinski definition) is 0. The Morgan fingerprint density at radius 2 is 0.893 bits per heavy atom. The fourth-order valence-electron chi connectivity index (χ4n) is 7.68. The topological polar surface area (TPSA) is 43.6 Å². The Labute approximate surface area is 338 Å². The molecule has 0 N–H and O–H groups in total. The molecule has 0 fully saturated rings. The average molecular weight is 741 g/mol. The lowest BCUT2D eigenvalue weighted by Gasteiger charge is -2.17. The van der Waals surface area contributed by atoms with Crippen LogP contribution in [0.1, 0.15) is 11.0 Å². The van der Waals surface area contributed by atoms with Crippen LogP contribution in [0.25, 0.3) is 104 Å². The number of aromatic nitrogens is 4. The maximum absolute atomic E-state index is 9.18. The van der Waals surface area contributed by atoms with Crippen molar-refractivity contribution in [1.82, 2.24) is 19.5 Å². The zero-order valence-corrected chi connectivity index (χ0v) is 30.4. The van der Waals surface area contributed by atoms with Crippen LogP contribution in [0.5, 0.6) is 0 Å². The van der Waals surface area contributed by atoms with Gasteiger partial charge in [-0.1, -0.05) is 164 Å². The third-order valence-corrected chi connectivity index (χ3v) is 11.4. The summed E-state index contributed by atoms with van der Waals surface area (Å²) in [5.74, 6) is 1.34. The van der Waals surface area contributed by atoms with Crippen molar-refractivity contribution in [3.05, 3.63) is 194 Å². The summed E-state index contributed by atoms with van der Waals surface area (Å²) in [6.07, 6.45) is 0. The summed E-state index contributed by atoms with van der Waals surface area (Å²) in [5, 5.41) is 2.27. The Balaban J connectivity index is 1.21. The molecule has 3 aromatic heterocycles. The molecule has 11 aromatic rings. The smallest absolute Gasteiger partial charge is 0.165 e. The third kappa shape index (κ3) is 5.24. The molecule has 56 heavy (non-hydrogen) atoms. The van der Waals surface area contributed by atoms with Gasteiger partial charge < -0.3 is 4.57 Å². The predicted molar refractivity (Wildman–Crippen MR) is 234 cm³/mol. The van der Waals surface area contributed by atoms with Gasteiger partial charge in [0.1, 0.15) is 0 Å². The number of rotatable bonds is 6. The van der Waals surface area contributed by atoms with Crippen molar-refractivity contribution in [2.24, 2.45) is 0 Å². The van der Waals surface area contributed by atoms with E-state index in [-0.39, 0.29) is 33.9 Å². The van der Waals surface area contributed by atoms with Gasteiger partial charge in [0, 0.05) is 53.2 Å². The van der Waals surface area contributed by atoms with E-state index >= 15 is 0 Å². The van der Waals surface area contributed by atoms with E-state index in [0.29, 0.717) is 39.9 Å². The summed E-state index contributed by atoms with van der Waals surface area (Å²) in [5.41, 5.74) is 6.06. The first kappa shape index (κ1) is 25.0. The predicted octanol–water partition coefficient (Wildman–Crippen LogP) is 13.7. The molecule has 0 aliphatic heterocycles. The maximum Gasteiger partial charge on any atom is 0.165 e. The highest BCUT2D eigenvalue weighted by atomic mass is 32.1. The van der Waals surface area contributed by atoms with Crippen LogP contribution in [0.15, 0.2) is 194 Å². The molecule has 262 valence electrons. The molecule has 4 nitrogen and oxygen atoms in total. The van der Waals surface area contributed by atoms with Crippen molar-refractivity contribution < 1.29 is 11.0 Å². The van der Waals surface area contributed by atoms with E-state index in [0.717, 1.165) is 42.4 Å². The number of fused-ring (bicyclic) bond motifs is 6. The Morgan fingerprint density at radius 1 is 0.393 bits per heavy atom. The van der Waals surface area contributed by atoms with Crippen LogP contribution in [0.4, 0.5) is 0 Å². The van der Waals surface area contributed by atoms with Crippen LogP contribution in [0.2, 0.25) is 0 Å². The number of hydrogen-bond acceptors (Lipinski definition) is 4. The lowest BCUT2D eigenvalue weighted by atomic mass is 9.96. The first-order valence-corrected chi connectivity index (χ1v) is 19.0. The van der Waals surface area contributed by atoms with Gasteiger partial charge in [-0.25, -0.2) is 15.0 Å². The van der Waals surface area contributed by atoms with Gasteiger partial charge in [0.05, 0.1) is 27.7 Å². The lowest BCUT2D eigenvalue weighted by molar-refractivity contribution is 1.08. The minimum atomic E-state index is -0.496. The van der Waals surface area contributed by atoms with Crippen molar-refractivity contribution >= 4 is 53.3 Å². The molecule has 0 saturated carbocycles. The van der Waals surface area contributed by atoms with Gasteiger partial charge in [-0.2, -0.15) is 0 Å². The van der Waals surface area contributed by atoms with E-state index in [1.54, 1.807) is 28.0 Å². The highest BCUT2D eigenvalue weighted by Crippen LogP contribution is 2.42. The second kappa shape index (κ2) is 13.3. The van der Waals surface area contributed by atoms with Crippen molar-refractivity contribution in [2.45, 2.75) is 0 Å². The second-order valence-electron chi connectivity index (χ2n) is 13.3. The van der Waals surface area contributed by atoms with Gasteiger partial charge >= 0.3 is 0 Å². The zero-order valence-electron chi connectivity index (χ0n) is 37.6. The van der Waals surface area contributed by atoms with Gasteiger partial charge in [0.2, 0.25) is 0 Å². The van der Waals surface area contributed by atoms with Gasteiger partial charge in [-0.3, -0.25) is 0 Å². The highest BCUT2D eigenvalue weighted by Gasteiger charge is 2.22. The molecule has 0 spiro atoms. The Hall–Kier alpha value is -7.21. The molecule has 0 amide bonds. The van der Waals surface area contributed by atoms with E-state index in [1.807, 2.05) is 97.1 Å². The molecule has 11 rings (SSSR count). The third-order valence-electron chi connectivity index (χ3n) is 10.2. The molecule has 5 heteroatoms. The minimum absolute atomic E-state index is 0.00957. The second-order valence-corrected chi connectivity index (χ2v) is 14.4. The molecular formula is C51H32N4S. The summed E-state index contributed by atoms with van der Waals surface area (Å²) in [7, 11) is 0. The molecule has 0 atom stereocenters. The lowest BCUT2D eigenvalue weighted by Crippen LogP contribution is -2.03. The summed E-state index contributed by atoms with van der Waals surface area (Å²) >= 11 is 1.69. The van der Waals surface area contributed by atoms with Crippen LogP contribution in [-0.2, 0) is 0 Å². The summed E-state index contributed by atoms with van der Waals surface area (Å²) in [6, 6.07) is 44.1. The average Bonchev–Trinajstić information content (AvgIpc) is 3.91. The molecule has 8 aromatic carbocycles. The highest BCUT2D eigenvalue weighted by molar-refractivity contribution is 7.26. The molecule has 0 bridgehead atoms. The van der Waals surface area contributed by atoms with Crippen molar-refractivity contribution in [3.8, 4) is 62.1 Å². The van der Waals surface area contributed by atoms with Gasteiger partial charge in [-0.05, 0) is 47.0 Å². The van der Waals surface area contributed by atoms with E-state index < -0.39 is 36.3 Å². The molecular weight excluding hydrogens is 701 g/mol. The van der Waals surface area contributed by atoms with E-state index in [9.17, 15) is 2.74 Å². The molecule has 0 aliphatic carbocycles. The van der Waals surface area contributed by atoms with Crippen molar-refractivity contribution in [3.63, 3.8) is 0 Å². The zero-order chi connectivity index (χ0) is 44.0. The molecule has 3 heterocycles. The first-order chi connectivity index (χ1) is 31.1. The summed E-state index contributed by atoms with van der Waals surface area (Å²) < 4.78 is 74.6. The fraction of sp³-hybridized carbons (Fsp3) is 0. The summed E-state index contributed by atoms with van der Waals surface area (Å²) in [4.78, 5) is 15.8. The van der Waals surface area contributed by atoms with Crippen LogP contribution in [0.3, 0.4) is 0 Å². The fourth-order valence-corrected chi connectivity index (χ4v) is 8.89. The van der Waals surface area contributed by atoms with Gasteiger partial charge in [-0.15, -0.1) is 11.3 Å². The maximum atomic E-state index is 9.18. The van der Waals surface area contributed by atoms with Crippen LogP contribution >= 0.6 is 11.3 Å². The summed E-state index contributed by atoms with van der Waals surface area (Å²) in [6.45, 7) is 0. The molecule has 0 aliphatic rings. The Kier molecular flexibility index (Phi) is 5.92. The normalized spacial score (nSPS) is 13.6. The Bertz CT molecular complexity index is 3660. The monoisotopic (exact) mass is 740 g/mol.